The molecule has 0 aliphatic heterocycles. The monoisotopic (exact) mass is 317 g/mol. The predicted octanol–water partition coefficient (Wildman–Crippen LogP) is 3.68. The van der Waals surface area contributed by atoms with Crippen LogP contribution < -0.4 is 5.32 Å². The Kier molecular flexibility index (Phi) is 7.11. The summed E-state index contributed by atoms with van der Waals surface area (Å²) in [5, 5.41) is 12.2. The number of nitrogens with one attached hydrogen (secondary N) is 1. The Morgan fingerprint density at radius 3 is 2.62 bits per heavy atom. The number of aliphatic carboxylic acids is 1. The van der Waals surface area contributed by atoms with Crippen molar-refractivity contribution in [3.05, 3.63) is 29.8 Å². The van der Waals surface area contributed by atoms with Crippen LogP contribution >= 0.6 is 11.8 Å². The summed E-state index contributed by atoms with van der Waals surface area (Å²) in [5.74, 6) is -1.79. The van der Waals surface area contributed by atoms with Gasteiger partial charge in [-0.3, -0.25) is 4.79 Å². The van der Waals surface area contributed by atoms with Crippen LogP contribution in [0.4, 0.5) is 8.78 Å². The van der Waals surface area contributed by atoms with Crippen molar-refractivity contribution in [2.75, 3.05) is 12.3 Å². The highest BCUT2D eigenvalue weighted by molar-refractivity contribution is 7.99. The molecule has 2 N–H and O–H groups in total. The van der Waals surface area contributed by atoms with Gasteiger partial charge in [0.25, 0.3) is 0 Å². The van der Waals surface area contributed by atoms with Crippen molar-refractivity contribution in [1.29, 1.82) is 0 Å². The van der Waals surface area contributed by atoms with E-state index in [2.05, 4.69) is 5.32 Å². The molecule has 1 aromatic rings. The maximum Gasteiger partial charge on any atom is 0.323 e. The van der Waals surface area contributed by atoms with Gasteiger partial charge in [0.2, 0.25) is 0 Å². The summed E-state index contributed by atoms with van der Waals surface area (Å²) >= 11 is 1.44. The van der Waals surface area contributed by atoms with Crippen molar-refractivity contribution < 1.29 is 18.7 Å². The Balaban J connectivity index is 2.33. The summed E-state index contributed by atoms with van der Waals surface area (Å²) in [6.07, 6.45) is 2.11. The number of benzene rings is 1. The third kappa shape index (κ3) is 5.63. The maximum absolute atomic E-state index is 13.0. The SMILES string of the molecule is CCNC(C)(CCCCSc1ccc(F)c(F)c1)C(=O)O. The van der Waals surface area contributed by atoms with Crippen molar-refractivity contribution in [3.63, 3.8) is 0 Å². The van der Waals surface area contributed by atoms with Crippen LogP contribution in [0.15, 0.2) is 23.1 Å². The number of carbonyl (C=O) groups is 1. The molecule has 0 spiro atoms. The maximum atomic E-state index is 13.0. The van der Waals surface area contributed by atoms with Crippen molar-refractivity contribution in [3.8, 4) is 0 Å². The molecule has 118 valence electrons. The second-order valence-electron chi connectivity index (χ2n) is 5.05. The molecule has 1 aromatic carbocycles. The van der Waals surface area contributed by atoms with Gasteiger partial charge in [-0.25, -0.2) is 8.78 Å². The minimum atomic E-state index is -0.901. The molecule has 0 bridgehead atoms. The number of likely N-dealkylation sites (N-methyl/N-ethyl adjacent to an activating group) is 1. The number of carboxylic acid groups (broad SMARTS) is 1. The summed E-state index contributed by atoms with van der Waals surface area (Å²) in [7, 11) is 0. The fourth-order valence-electron chi connectivity index (χ4n) is 2.00. The molecule has 1 atom stereocenters. The Bertz CT molecular complexity index is 485. The number of thioether (sulfide) groups is 1. The number of unbranched alkanes of at least 4 members (excludes halogenated alkanes) is 1. The molecule has 6 heteroatoms. The minimum Gasteiger partial charge on any atom is -0.480 e. The van der Waals surface area contributed by atoms with E-state index in [-0.39, 0.29) is 0 Å². The molecule has 0 saturated heterocycles. The van der Waals surface area contributed by atoms with Crippen LogP contribution in [0.2, 0.25) is 0 Å². The second-order valence-corrected chi connectivity index (χ2v) is 6.22. The lowest BCUT2D eigenvalue weighted by molar-refractivity contribution is -0.144. The summed E-state index contributed by atoms with van der Waals surface area (Å²) < 4.78 is 25.8. The molecule has 0 aliphatic rings. The summed E-state index contributed by atoms with van der Waals surface area (Å²) in [6, 6.07) is 3.84. The molecule has 0 saturated carbocycles. The zero-order valence-electron chi connectivity index (χ0n) is 12.3. The minimum absolute atomic E-state index is 0.536. The van der Waals surface area contributed by atoms with Crippen LogP contribution in [-0.4, -0.2) is 28.9 Å². The lowest BCUT2D eigenvalue weighted by Crippen LogP contribution is -2.49. The van der Waals surface area contributed by atoms with E-state index in [1.54, 1.807) is 13.0 Å². The quantitative estimate of drug-likeness (QED) is 0.539. The van der Waals surface area contributed by atoms with Crippen LogP contribution in [0, 0.1) is 11.6 Å². The molecule has 0 fully saturated rings. The van der Waals surface area contributed by atoms with Crippen molar-refractivity contribution in [2.24, 2.45) is 0 Å². The largest absolute Gasteiger partial charge is 0.480 e. The Morgan fingerprint density at radius 1 is 1.33 bits per heavy atom. The summed E-state index contributed by atoms with van der Waals surface area (Å²) in [5.41, 5.74) is -0.901. The lowest BCUT2D eigenvalue weighted by Gasteiger charge is -2.25. The molecule has 3 nitrogen and oxygen atoms in total. The molecule has 0 heterocycles. The van der Waals surface area contributed by atoms with Crippen LogP contribution in [0.5, 0.6) is 0 Å². The third-order valence-corrected chi connectivity index (χ3v) is 4.35. The number of carboxylic acids is 1. The number of halogens is 2. The molecular formula is C15H21F2NO2S. The lowest BCUT2D eigenvalue weighted by atomic mass is 9.95. The van der Waals surface area contributed by atoms with Crippen LogP contribution in [0.3, 0.4) is 0 Å². The normalized spacial score (nSPS) is 13.9. The van der Waals surface area contributed by atoms with E-state index in [4.69, 9.17) is 0 Å². The van der Waals surface area contributed by atoms with Gasteiger partial charge < -0.3 is 10.4 Å². The van der Waals surface area contributed by atoms with Gasteiger partial charge in [0.15, 0.2) is 11.6 Å². The van der Waals surface area contributed by atoms with E-state index in [1.165, 1.54) is 17.8 Å². The third-order valence-electron chi connectivity index (χ3n) is 3.27. The number of hydrogen-bond acceptors (Lipinski definition) is 3. The average molecular weight is 317 g/mol. The molecule has 0 radical (unpaired) electrons. The average Bonchev–Trinajstić information content (AvgIpc) is 2.42. The molecular weight excluding hydrogens is 296 g/mol. The van der Waals surface area contributed by atoms with E-state index >= 15 is 0 Å². The fraction of sp³-hybridized carbons (Fsp3) is 0.533. The smallest absolute Gasteiger partial charge is 0.323 e. The van der Waals surface area contributed by atoms with E-state index in [0.29, 0.717) is 17.9 Å². The van der Waals surface area contributed by atoms with Gasteiger partial charge in [0.05, 0.1) is 0 Å². The second kappa shape index (κ2) is 8.34. The topological polar surface area (TPSA) is 49.3 Å². The first-order valence-electron chi connectivity index (χ1n) is 6.95. The molecule has 21 heavy (non-hydrogen) atoms. The van der Waals surface area contributed by atoms with E-state index in [9.17, 15) is 18.7 Å². The van der Waals surface area contributed by atoms with Gasteiger partial charge in [-0.2, -0.15) is 0 Å². The van der Waals surface area contributed by atoms with Crippen LogP contribution in [-0.2, 0) is 4.79 Å². The summed E-state index contributed by atoms with van der Waals surface area (Å²) in [4.78, 5) is 11.9. The van der Waals surface area contributed by atoms with Gasteiger partial charge in [0.1, 0.15) is 5.54 Å². The Hall–Kier alpha value is -1.14. The van der Waals surface area contributed by atoms with Gasteiger partial charge >= 0.3 is 5.97 Å². The number of rotatable bonds is 9. The first-order chi connectivity index (χ1) is 9.89. The van der Waals surface area contributed by atoms with Crippen LogP contribution in [0.1, 0.15) is 33.1 Å². The van der Waals surface area contributed by atoms with Crippen molar-refractivity contribution in [2.45, 2.75) is 43.5 Å². The molecule has 1 rings (SSSR count). The van der Waals surface area contributed by atoms with E-state index < -0.39 is 23.1 Å². The molecule has 1 unspecified atom stereocenters. The van der Waals surface area contributed by atoms with Gasteiger partial charge in [-0.05, 0) is 50.3 Å². The first kappa shape index (κ1) is 17.9. The predicted molar refractivity (Wildman–Crippen MR) is 80.7 cm³/mol. The van der Waals surface area contributed by atoms with Gasteiger partial charge in [0, 0.05) is 4.90 Å². The van der Waals surface area contributed by atoms with Crippen molar-refractivity contribution in [1.82, 2.24) is 5.32 Å². The molecule has 0 aliphatic carbocycles. The standard InChI is InChI=1S/C15H21F2NO2S/c1-3-18-15(2,14(19)20)8-4-5-9-21-11-6-7-12(16)13(17)10-11/h6-7,10,18H,3-5,8-9H2,1-2H3,(H,19,20). The summed E-state index contributed by atoms with van der Waals surface area (Å²) in [6.45, 7) is 4.16. The zero-order chi connectivity index (χ0) is 15.9. The highest BCUT2D eigenvalue weighted by atomic mass is 32.2. The van der Waals surface area contributed by atoms with Crippen molar-refractivity contribution >= 4 is 17.7 Å². The van der Waals surface area contributed by atoms with Crippen LogP contribution in [0.25, 0.3) is 0 Å². The van der Waals surface area contributed by atoms with Gasteiger partial charge in [-0.15, -0.1) is 11.8 Å². The molecule has 0 amide bonds. The molecule has 0 aromatic heterocycles. The van der Waals surface area contributed by atoms with E-state index in [1.807, 2.05) is 6.92 Å². The van der Waals surface area contributed by atoms with E-state index in [0.717, 1.165) is 24.7 Å². The van der Waals surface area contributed by atoms with Gasteiger partial charge in [-0.1, -0.05) is 13.3 Å². The highest BCUT2D eigenvalue weighted by Gasteiger charge is 2.30. The Labute approximate surface area is 128 Å². The highest BCUT2D eigenvalue weighted by Crippen LogP contribution is 2.23. The number of hydrogen-bond donors (Lipinski definition) is 2. The Morgan fingerprint density at radius 2 is 2.05 bits per heavy atom. The first-order valence-corrected chi connectivity index (χ1v) is 7.94. The zero-order valence-corrected chi connectivity index (χ0v) is 13.1. The fourth-order valence-corrected chi connectivity index (χ4v) is 2.93.